The van der Waals surface area contributed by atoms with Crippen LogP contribution in [0.5, 0.6) is 17.2 Å². The third-order valence-corrected chi connectivity index (χ3v) is 3.75. The van der Waals surface area contributed by atoms with Crippen LogP contribution in [0.15, 0.2) is 36.4 Å². The number of hydrogen-bond acceptors (Lipinski definition) is 5. The summed E-state index contributed by atoms with van der Waals surface area (Å²) in [5.74, 6) is -0.223. The summed E-state index contributed by atoms with van der Waals surface area (Å²) in [6, 6.07) is 9.54. The highest BCUT2D eigenvalue weighted by Crippen LogP contribution is 2.39. The molecule has 0 saturated heterocycles. The van der Waals surface area contributed by atoms with Gasteiger partial charge in [-0.1, -0.05) is 0 Å². The van der Waals surface area contributed by atoms with Gasteiger partial charge in [0.25, 0.3) is 0 Å². The first-order valence-corrected chi connectivity index (χ1v) is 8.35. The van der Waals surface area contributed by atoms with Gasteiger partial charge in [-0.25, -0.2) is 4.79 Å². The van der Waals surface area contributed by atoms with Crippen molar-refractivity contribution in [2.24, 2.45) is 0 Å². The number of hydrogen-bond donors (Lipinski definition) is 1. The van der Waals surface area contributed by atoms with E-state index in [1.165, 1.54) is 32.1 Å². The van der Waals surface area contributed by atoms with E-state index in [1.807, 2.05) is 13.8 Å². The minimum atomic E-state index is -1.17. The Morgan fingerprint density at radius 1 is 0.963 bits per heavy atom. The maximum atomic E-state index is 12.5. The second-order valence-electron chi connectivity index (χ2n) is 6.04. The lowest BCUT2D eigenvalue weighted by atomic mass is 10.1. The van der Waals surface area contributed by atoms with E-state index in [0.29, 0.717) is 22.9 Å². The topological polar surface area (TPSA) is 85.3 Å². The largest absolute Gasteiger partial charge is 0.497 e. The fraction of sp³-hybridized carbons (Fsp3) is 0.300. The number of carbonyl (C=O) groups excluding carboxylic acids is 1. The molecule has 1 amide bonds. The molecule has 0 saturated carbocycles. The van der Waals surface area contributed by atoms with E-state index in [9.17, 15) is 14.7 Å². The van der Waals surface area contributed by atoms with E-state index < -0.39 is 5.97 Å². The highest BCUT2D eigenvalue weighted by molar-refractivity contribution is 6.06. The highest BCUT2D eigenvalue weighted by Gasteiger charge is 2.25. The SMILES string of the molecule is COc1ccc(OC)c(N(C(C)=O)c2ccc(OC(C)C)cc2C(=O)O)c1. The van der Waals surface area contributed by atoms with Crippen LogP contribution in [0.4, 0.5) is 11.4 Å². The van der Waals surface area contributed by atoms with Crippen molar-refractivity contribution in [2.75, 3.05) is 19.1 Å². The number of carbonyl (C=O) groups is 2. The van der Waals surface area contributed by atoms with Crippen LogP contribution in [0, 0.1) is 0 Å². The van der Waals surface area contributed by atoms with Crippen LogP contribution in [0.1, 0.15) is 31.1 Å². The summed E-state index contributed by atoms with van der Waals surface area (Å²) in [6.07, 6.45) is -0.111. The first-order chi connectivity index (χ1) is 12.8. The second-order valence-corrected chi connectivity index (χ2v) is 6.04. The summed E-state index contributed by atoms with van der Waals surface area (Å²) >= 11 is 0. The number of carboxylic acid groups (broad SMARTS) is 1. The van der Waals surface area contributed by atoms with Crippen LogP contribution in [-0.2, 0) is 4.79 Å². The zero-order chi connectivity index (χ0) is 20.1. The molecule has 1 N–H and O–H groups in total. The number of benzene rings is 2. The van der Waals surface area contributed by atoms with Crippen molar-refractivity contribution in [1.82, 2.24) is 0 Å². The average molecular weight is 373 g/mol. The monoisotopic (exact) mass is 373 g/mol. The van der Waals surface area contributed by atoms with Gasteiger partial charge in [0.05, 0.1) is 37.3 Å². The van der Waals surface area contributed by atoms with Gasteiger partial charge in [0.2, 0.25) is 5.91 Å². The molecule has 0 unspecified atom stereocenters. The van der Waals surface area contributed by atoms with Crippen LogP contribution >= 0.6 is 0 Å². The van der Waals surface area contributed by atoms with Crippen molar-refractivity contribution < 1.29 is 28.9 Å². The van der Waals surface area contributed by atoms with Crippen LogP contribution in [0.25, 0.3) is 0 Å². The lowest BCUT2D eigenvalue weighted by Gasteiger charge is -2.25. The minimum absolute atomic E-state index is 0.0618. The summed E-state index contributed by atoms with van der Waals surface area (Å²) in [7, 11) is 2.98. The molecule has 0 radical (unpaired) electrons. The molecule has 7 nitrogen and oxygen atoms in total. The maximum Gasteiger partial charge on any atom is 0.337 e. The van der Waals surface area contributed by atoms with Crippen molar-refractivity contribution >= 4 is 23.3 Å². The van der Waals surface area contributed by atoms with Crippen LogP contribution < -0.4 is 19.1 Å². The lowest BCUT2D eigenvalue weighted by molar-refractivity contribution is -0.115. The van der Waals surface area contributed by atoms with E-state index in [2.05, 4.69) is 0 Å². The van der Waals surface area contributed by atoms with E-state index in [0.717, 1.165) is 0 Å². The predicted molar refractivity (Wildman–Crippen MR) is 102 cm³/mol. The van der Waals surface area contributed by atoms with Gasteiger partial charge in [-0.2, -0.15) is 0 Å². The van der Waals surface area contributed by atoms with Crippen LogP contribution in [0.3, 0.4) is 0 Å². The van der Waals surface area contributed by atoms with E-state index >= 15 is 0 Å². The molecule has 0 atom stereocenters. The van der Waals surface area contributed by atoms with Gasteiger partial charge >= 0.3 is 5.97 Å². The maximum absolute atomic E-state index is 12.5. The molecule has 0 aliphatic rings. The van der Waals surface area contributed by atoms with Gasteiger partial charge in [0.15, 0.2) is 0 Å². The average Bonchev–Trinajstić information content (AvgIpc) is 2.61. The van der Waals surface area contributed by atoms with Gasteiger partial charge in [-0.3, -0.25) is 9.69 Å². The number of carboxylic acids is 1. The third-order valence-electron chi connectivity index (χ3n) is 3.75. The quantitative estimate of drug-likeness (QED) is 0.793. The molecule has 2 aromatic rings. The molecule has 2 aromatic carbocycles. The van der Waals surface area contributed by atoms with Gasteiger partial charge in [-0.15, -0.1) is 0 Å². The van der Waals surface area contributed by atoms with Crippen LogP contribution in [0.2, 0.25) is 0 Å². The number of nitrogens with zero attached hydrogens (tertiary/aromatic N) is 1. The van der Waals surface area contributed by atoms with Crippen molar-refractivity contribution in [1.29, 1.82) is 0 Å². The zero-order valence-electron chi connectivity index (χ0n) is 16.0. The number of aromatic carboxylic acids is 1. The molecule has 0 heterocycles. The molecule has 0 aliphatic heterocycles. The molecule has 0 aromatic heterocycles. The summed E-state index contributed by atoms with van der Waals surface area (Å²) < 4.78 is 16.2. The standard InChI is InChI=1S/C20H23NO6/c1-12(2)27-15-6-8-17(16(10-15)20(23)24)21(13(3)22)18-11-14(25-4)7-9-19(18)26-5/h6-12H,1-5H3,(H,23,24). The van der Waals surface area contributed by atoms with Crippen LogP contribution in [-0.4, -0.2) is 37.3 Å². The number of rotatable bonds is 7. The Hall–Kier alpha value is -3.22. The highest BCUT2D eigenvalue weighted by atomic mass is 16.5. The normalized spacial score (nSPS) is 10.4. The van der Waals surface area contributed by atoms with Gasteiger partial charge in [-0.05, 0) is 44.2 Å². The molecule has 0 spiro atoms. The molecule has 0 fully saturated rings. The summed E-state index contributed by atoms with van der Waals surface area (Å²) in [6.45, 7) is 5.04. The molecule has 2 rings (SSSR count). The third kappa shape index (κ3) is 4.49. The molecule has 144 valence electrons. The number of methoxy groups -OCH3 is 2. The smallest absolute Gasteiger partial charge is 0.337 e. The second kappa shape index (κ2) is 8.44. The Morgan fingerprint density at radius 3 is 2.15 bits per heavy atom. The Morgan fingerprint density at radius 2 is 1.63 bits per heavy atom. The fourth-order valence-corrected chi connectivity index (χ4v) is 2.67. The molecule has 27 heavy (non-hydrogen) atoms. The van der Waals surface area contributed by atoms with E-state index in [4.69, 9.17) is 14.2 Å². The number of anilines is 2. The fourth-order valence-electron chi connectivity index (χ4n) is 2.67. The summed E-state index contributed by atoms with van der Waals surface area (Å²) in [5.41, 5.74) is 0.523. The first kappa shape index (κ1) is 20.1. The van der Waals surface area contributed by atoms with Crippen molar-refractivity contribution in [3.8, 4) is 17.2 Å². The zero-order valence-corrected chi connectivity index (χ0v) is 16.0. The molecule has 7 heteroatoms. The van der Waals surface area contributed by atoms with E-state index in [1.54, 1.807) is 30.3 Å². The molecule has 0 aliphatic carbocycles. The first-order valence-electron chi connectivity index (χ1n) is 8.35. The Labute approximate surface area is 158 Å². The number of amides is 1. The van der Waals surface area contributed by atoms with E-state index in [-0.39, 0.29) is 23.3 Å². The predicted octanol–water partition coefficient (Wildman–Crippen LogP) is 3.87. The Kier molecular flexibility index (Phi) is 6.28. The summed E-state index contributed by atoms with van der Waals surface area (Å²) in [4.78, 5) is 25.6. The minimum Gasteiger partial charge on any atom is -0.497 e. The summed E-state index contributed by atoms with van der Waals surface area (Å²) in [5, 5.41) is 9.68. The Bertz CT molecular complexity index is 846. The molecular formula is C20H23NO6. The van der Waals surface area contributed by atoms with Gasteiger partial charge in [0, 0.05) is 13.0 Å². The molecule has 0 bridgehead atoms. The van der Waals surface area contributed by atoms with Crippen molar-refractivity contribution in [3.05, 3.63) is 42.0 Å². The van der Waals surface area contributed by atoms with Crippen molar-refractivity contribution in [2.45, 2.75) is 26.9 Å². The lowest BCUT2D eigenvalue weighted by Crippen LogP contribution is -2.25. The number of ether oxygens (including phenoxy) is 3. The van der Waals surface area contributed by atoms with Gasteiger partial charge < -0.3 is 19.3 Å². The van der Waals surface area contributed by atoms with Crippen molar-refractivity contribution in [3.63, 3.8) is 0 Å². The Balaban J connectivity index is 2.67. The van der Waals surface area contributed by atoms with Gasteiger partial charge in [0.1, 0.15) is 17.2 Å². The molecular weight excluding hydrogens is 350 g/mol.